The van der Waals surface area contributed by atoms with Crippen LogP contribution in [0.5, 0.6) is 0 Å². The van der Waals surface area contributed by atoms with E-state index in [0.717, 1.165) is 37.1 Å². The first-order chi connectivity index (χ1) is 13.0. The molecule has 4 rings (SSSR count). The van der Waals surface area contributed by atoms with Gasteiger partial charge < -0.3 is 10.0 Å². The second-order valence-electron chi connectivity index (χ2n) is 8.00. The van der Waals surface area contributed by atoms with Crippen molar-refractivity contribution < 1.29 is 5.11 Å². The molecule has 27 heavy (non-hydrogen) atoms. The average Bonchev–Trinajstić information content (AvgIpc) is 3.04. The fraction of sp³-hybridized carbons (Fsp3) is 0.435. The molecule has 0 spiro atoms. The number of aryl methyl sites for hydroxylation is 4. The van der Waals surface area contributed by atoms with E-state index < -0.39 is 0 Å². The molecule has 3 aromatic rings. The van der Waals surface area contributed by atoms with Crippen molar-refractivity contribution in [2.45, 2.75) is 40.5 Å². The second-order valence-corrected chi connectivity index (χ2v) is 8.88. The number of pyridine rings is 1. The van der Waals surface area contributed by atoms with Gasteiger partial charge in [-0.25, -0.2) is 0 Å². The van der Waals surface area contributed by atoms with Crippen molar-refractivity contribution in [1.82, 2.24) is 4.98 Å². The van der Waals surface area contributed by atoms with Gasteiger partial charge in [-0.3, -0.25) is 4.98 Å². The monoisotopic (exact) mass is 380 g/mol. The van der Waals surface area contributed by atoms with Crippen LogP contribution in [0.1, 0.15) is 35.2 Å². The van der Waals surface area contributed by atoms with Gasteiger partial charge in [-0.2, -0.15) is 0 Å². The van der Waals surface area contributed by atoms with E-state index in [0.29, 0.717) is 12.5 Å². The number of piperidine rings is 1. The second kappa shape index (κ2) is 7.25. The van der Waals surface area contributed by atoms with E-state index in [2.05, 4.69) is 56.2 Å². The normalized spacial score (nSPS) is 15.7. The molecule has 0 atom stereocenters. The lowest BCUT2D eigenvalue weighted by Gasteiger charge is -2.33. The van der Waals surface area contributed by atoms with Crippen LogP contribution in [0.15, 0.2) is 23.6 Å². The summed E-state index contributed by atoms with van der Waals surface area (Å²) in [6.07, 6.45) is 2.13. The van der Waals surface area contributed by atoms with Crippen LogP contribution in [0.2, 0.25) is 0 Å². The smallest absolute Gasteiger partial charge is 0.0912 e. The fourth-order valence-corrected chi connectivity index (χ4v) is 5.53. The highest BCUT2D eigenvalue weighted by Crippen LogP contribution is 2.41. The van der Waals surface area contributed by atoms with Crippen LogP contribution in [0.4, 0.5) is 5.69 Å². The fourth-order valence-electron chi connectivity index (χ4n) is 4.49. The average molecular weight is 381 g/mol. The van der Waals surface area contributed by atoms with E-state index in [-0.39, 0.29) is 0 Å². The maximum Gasteiger partial charge on any atom is 0.0912 e. The Morgan fingerprint density at radius 3 is 2.37 bits per heavy atom. The Kier molecular flexibility index (Phi) is 4.95. The minimum atomic E-state index is 0.313. The minimum absolute atomic E-state index is 0.313. The van der Waals surface area contributed by atoms with Crippen LogP contribution in [0.25, 0.3) is 21.3 Å². The number of nitrogens with zero attached hydrogens (tertiary/aromatic N) is 2. The molecule has 0 amide bonds. The standard InChI is InChI=1S/C23H28N2OS/c1-14-9-15(2)21(16(3)10-14)19-13-27-23-20(11-17(4)24-22(19)23)25-7-5-18(12-26)6-8-25/h9-11,13,18,26H,5-8,12H2,1-4H3. The molecule has 1 fully saturated rings. The summed E-state index contributed by atoms with van der Waals surface area (Å²) < 4.78 is 1.29. The van der Waals surface area contributed by atoms with Crippen molar-refractivity contribution in [1.29, 1.82) is 0 Å². The highest BCUT2D eigenvalue weighted by molar-refractivity contribution is 7.18. The molecule has 0 bridgehead atoms. The summed E-state index contributed by atoms with van der Waals surface area (Å²) in [6, 6.07) is 6.77. The van der Waals surface area contributed by atoms with Gasteiger partial charge in [0.15, 0.2) is 0 Å². The molecule has 3 heterocycles. The van der Waals surface area contributed by atoms with Gasteiger partial charge in [0, 0.05) is 36.3 Å². The first-order valence-electron chi connectivity index (χ1n) is 9.80. The third-order valence-electron chi connectivity index (χ3n) is 5.79. The predicted octanol–water partition coefficient (Wildman–Crippen LogP) is 5.41. The summed E-state index contributed by atoms with van der Waals surface area (Å²) in [6.45, 7) is 11.0. The number of aliphatic hydroxyl groups is 1. The number of aromatic nitrogens is 1. The van der Waals surface area contributed by atoms with Crippen molar-refractivity contribution in [3.63, 3.8) is 0 Å². The number of benzene rings is 1. The van der Waals surface area contributed by atoms with Gasteiger partial charge in [-0.15, -0.1) is 11.3 Å². The third-order valence-corrected chi connectivity index (χ3v) is 6.78. The molecule has 1 N–H and O–H groups in total. The maximum atomic E-state index is 9.44. The summed E-state index contributed by atoms with van der Waals surface area (Å²) in [5.41, 5.74) is 10.1. The van der Waals surface area contributed by atoms with E-state index in [9.17, 15) is 5.11 Å². The van der Waals surface area contributed by atoms with Crippen molar-refractivity contribution in [3.05, 3.63) is 46.0 Å². The Bertz CT molecular complexity index is 960. The number of anilines is 1. The Morgan fingerprint density at radius 2 is 1.74 bits per heavy atom. The van der Waals surface area contributed by atoms with Crippen molar-refractivity contribution in [3.8, 4) is 11.1 Å². The topological polar surface area (TPSA) is 36.4 Å². The molecule has 4 heteroatoms. The van der Waals surface area contributed by atoms with Crippen molar-refractivity contribution in [2.24, 2.45) is 5.92 Å². The molecule has 1 aliphatic heterocycles. The molecule has 1 aliphatic rings. The zero-order valence-electron chi connectivity index (χ0n) is 16.7. The largest absolute Gasteiger partial charge is 0.396 e. The number of aliphatic hydroxyl groups excluding tert-OH is 1. The van der Waals surface area contributed by atoms with Gasteiger partial charge >= 0.3 is 0 Å². The predicted molar refractivity (Wildman–Crippen MR) is 116 cm³/mol. The molecule has 1 saturated heterocycles. The zero-order chi connectivity index (χ0) is 19.1. The molecule has 0 radical (unpaired) electrons. The first-order valence-corrected chi connectivity index (χ1v) is 10.7. The lowest BCUT2D eigenvalue weighted by molar-refractivity contribution is 0.203. The van der Waals surface area contributed by atoms with Gasteiger partial charge in [0.2, 0.25) is 0 Å². The van der Waals surface area contributed by atoms with Crippen LogP contribution < -0.4 is 4.90 Å². The quantitative estimate of drug-likeness (QED) is 0.660. The summed E-state index contributed by atoms with van der Waals surface area (Å²) >= 11 is 1.81. The van der Waals surface area contributed by atoms with Gasteiger partial charge in [-0.1, -0.05) is 17.7 Å². The molecule has 3 nitrogen and oxygen atoms in total. The Hall–Kier alpha value is -1.91. The maximum absolute atomic E-state index is 9.44. The molecule has 1 aromatic carbocycles. The van der Waals surface area contributed by atoms with E-state index in [1.165, 1.54) is 38.2 Å². The Morgan fingerprint density at radius 1 is 1.07 bits per heavy atom. The van der Waals surface area contributed by atoms with E-state index >= 15 is 0 Å². The lowest BCUT2D eigenvalue weighted by atomic mass is 9.94. The van der Waals surface area contributed by atoms with Crippen LogP contribution in [0, 0.1) is 33.6 Å². The van der Waals surface area contributed by atoms with Crippen molar-refractivity contribution >= 4 is 27.2 Å². The van der Waals surface area contributed by atoms with Crippen LogP contribution in [-0.2, 0) is 0 Å². The summed E-state index contributed by atoms with van der Waals surface area (Å²) in [5.74, 6) is 0.455. The summed E-state index contributed by atoms with van der Waals surface area (Å²) in [4.78, 5) is 7.43. The van der Waals surface area contributed by atoms with Crippen LogP contribution in [-0.4, -0.2) is 29.8 Å². The summed E-state index contributed by atoms with van der Waals surface area (Å²) in [7, 11) is 0. The number of fused-ring (bicyclic) bond motifs is 1. The van der Waals surface area contributed by atoms with E-state index in [1.54, 1.807) is 0 Å². The molecule has 142 valence electrons. The summed E-state index contributed by atoms with van der Waals surface area (Å²) in [5, 5.41) is 11.7. The van der Waals surface area contributed by atoms with Gasteiger partial charge in [0.05, 0.1) is 15.9 Å². The van der Waals surface area contributed by atoms with Crippen LogP contribution in [0.3, 0.4) is 0 Å². The third kappa shape index (κ3) is 3.37. The van der Waals surface area contributed by atoms with Gasteiger partial charge in [-0.05, 0) is 69.2 Å². The molecule has 0 aliphatic carbocycles. The number of hydrogen-bond acceptors (Lipinski definition) is 4. The molecule has 0 saturated carbocycles. The zero-order valence-corrected chi connectivity index (χ0v) is 17.5. The highest BCUT2D eigenvalue weighted by atomic mass is 32.1. The number of hydrogen-bond donors (Lipinski definition) is 1. The SMILES string of the molecule is Cc1cc(C)c(-c2csc3c(N4CCC(CO)CC4)cc(C)nc23)c(C)c1. The van der Waals surface area contributed by atoms with E-state index in [4.69, 9.17) is 4.98 Å². The van der Waals surface area contributed by atoms with Gasteiger partial charge in [0.25, 0.3) is 0 Å². The minimum Gasteiger partial charge on any atom is -0.396 e. The first kappa shape index (κ1) is 18.5. The molecular weight excluding hydrogens is 352 g/mol. The lowest BCUT2D eigenvalue weighted by Crippen LogP contribution is -2.34. The molecule has 2 aromatic heterocycles. The van der Waals surface area contributed by atoms with Crippen molar-refractivity contribution in [2.75, 3.05) is 24.6 Å². The van der Waals surface area contributed by atoms with Crippen LogP contribution >= 0.6 is 11.3 Å². The number of thiophene rings is 1. The molecular formula is C23H28N2OS. The number of rotatable bonds is 3. The Labute approximate surface area is 165 Å². The van der Waals surface area contributed by atoms with Gasteiger partial charge in [0.1, 0.15) is 0 Å². The Balaban J connectivity index is 1.82. The van der Waals surface area contributed by atoms with E-state index in [1.807, 2.05) is 11.3 Å². The molecule has 0 unspecified atom stereocenters. The highest BCUT2D eigenvalue weighted by Gasteiger charge is 2.23.